The van der Waals surface area contributed by atoms with Crippen molar-refractivity contribution in [1.82, 2.24) is 9.97 Å². The van der Waals surface area contributed by atoms with E-state index in [1.165, 1.54) is 0 Å². The topological polar surface area (TPSA) is 28.7 Å². The van der Waals surface area contributed by atoms with Crippen LogP contribution in [0.2, 0.25) is 5.02 Å². The molecule has 84 valence electrons. The first-order valence-electron chi connectivity index (χ1n) is 5.29. The molecule has 0 aliphatic heterocycles. The summed E-state index contributed by atoms with van der Waals surface area (Å²) in [5.41, 5.74) is 1.89. The van der Waals surface area contributed by atoms with E-state index in [-0.39, 0.29) is 5.41 Å². The Morgan fingerprint density at radius 1 is 1.19 bits per heavy atom. The Balaban J connectivity index is 2.44. The van der Waals surface area contributed by atoms with Gasteiger partial charge in [0.15, 0.2) is 0 Å². The highest BCUT2D eigenvalue weighted by Gasteiger charge is 2.18. The molecule has 0 aliphatic carbocycles. The average molecular weight is 235 g/mol. The number of benzene rings is 1. The Morgan fingerprint density at radius 2 is 1.88 bits per heavy atom. The molecule has 0 saturated carbocycles. The van der Waals surface area contributed by atoms with Crippen LogP contribution in [0.15, 0.2) is 30.5 Å². The van der Waals surface area contributed by atoms with Crippen LogP contribution < -0.4 is 0 Å². The predicted octanol–water partition coefficient (Wildman–Crippen LogP) is 4.03. The molecule has 0 atom stereocenters. The molecular formula is C13H15ClN2. The maximum absolute atomic E-state index is 6.13. The quantitative estimate of drug-likeness (QED) is 0.793. The zero-order valence-electron chi connectivity index (χ0n) is 9.71. The molecule has 2 nitrogen and oxygen atoms in total. The molecule has 0 radical (unpaired) electrons. The predicted molar refractivity (Wildman–Crippen MR) is 67.7 cm³/mol. The molecular weight excluding hydrogens is 220 g/mol. The van der Waals surface area contributed by atoms with Gasteiger partial charge in [0.05, 0.1) is 10.7 Å². The van der Waals surface area contributed by atoms with Crippen molar-refractivity contribution >= 4 is 11.6 Å². The van der Waals surface area contributed by atoms with Gasteiger partial charge < -0.3 is 4.98 Å². The zero-order valence-corrected chi connectivity index (χ0v) is 10.5. The summed E-state index contributed by atoms with van der Waals surface area (Å²) in [5, 5.41) is 0.731. The number of aromatic nitrogens is 2. The van der Waals surface area contributed by atoms with E-state index in [0.29, 0.717) is 0 Å². The van der Waals surface area contributed by atoms with Gasteiger partial charge in [-0.1, -0.05) is 50.6 Å². The normalized spacial score (nSPS) is 11.8. The van der Waals surface area contributed by atoms with Gasteiger partial charge in [0.25, 0.3) is 0 Å². The molecule has 1 heterocycles. The molecule has 0 spiro atoms. The standard InChI is InChI=1S/C13H15ClN2/c1-13(2,3)12-15-8-11(16-12)9-6-4-5-7-10(9)14/h4-8H,1-3H3,(H,15,16). The van der Waals surface area contributed by atoms with Crippen LogP contribution >= 0.6 is 11.6 Å². The second-order valence-corrected chi connectivity index (χ2v) is 5.27. The van der Waals surface area contributed by atoms with E-state index < -0.39 is 0 Å². The molecule has 1 N–H and O–H groups in total. The first kappa shape index (κ1) is 11.2. The third-order valence-corrected chi connectivity index (χ3v) is 2.77. The summed E-state index contributed by atoms with van der Waals surface area (Å²) >= 11 is 6.13. The lowest BCUT2D eigenvalue weighted by molar-refractivity contribution is 0.553. The first-order valence-corrected chi connectivity index (χ1v) is 5.67. The number of H-pyrrole nitrogens is 1. The second-order valence-electron chi connectivity index (χ2n) is 4.86. The first-order chi connectivity index (χ1) is 7.48. The van der Waals surface area contributed by atoms with E-state index in [0.717, 1.165) is 22.1 Å². The van der Waals surface area contributed by atoms with Crippen molar-refractivity contribution in [3.05, 3.63) is 41.3 Å². The summed E-state index contributed by atoms with van der Waals surface area (Å²) in [5.74, 6) is 0.974. The van der Waals surface area contributed by atoms with Crippen LogP contribution in [0, 0.1) is 0 Å². The van der Waals surface area contributed by atoms with Crippen LogP contribution in [0.3, 0.4) is 0 Å². The fourth-order valence-electron chi connectivity index (χ4n) is 1.51. The number of nitrogens with zero attached hydrogens (tertiary/aromatic N) is 1. The lowest BCUT2D eigenvalue weighted by Gasteiger charge is -2.13. The van der Waals surface area contributed by atoms with Crippen LogP contribution in [0.1, 0.15) is 26.6 Å². The molecule has 2 rings (SSSR count). The van der Waals surface area contributed by atoms with Gasteiger partial charge in [-0.15, -0.1) is 0 Å². The van der Waals surface area contributed by atoms with Crippen molar-refractivity contribution in [2.45, 2.75) is 26.2 Å². The van der Waals surface area contributed by atoms with Crippen molar-refractivity contribution < 1.29 is 0 Å². The monoisotopic (exact) mass is 234 g/mol. The number of aromatic amines is 1. The maximum atomic E-state index is 6.13. The Kier molecular flexibility index (Phi) is 2.76. The largest absolute Gasteiger partial charge is 0.348 e. The van der Waals surface area contributed by atoms with Crippen molar-refractivity contribution in [2.75, 3.05) is 0 Å². The summed E-state index contributed by atoms with van der Waals surface area (Å²) in [6.07, 6.45) is 1.90. The third kappa shape index (κ3) is 2.12. The average Bonchev–Trinajstić information content (AvgIpc) is 2.66. The molecule has 3 heteroatoms. The van der Waals surface area contributed by atoms with Gasteiger partial charge in [0, 0.05) is 17.2 Å². The number of hydrogen-bond donors (Lipinski definition) is 1. The molecule has 16 heavy (non-hydrogen) atoms. The molecule has 0 fully saturated rings. The van der Waals surface area contributed by atoms with Gasteiger partial charge in [0.2, 0.25) is 0 Å². The molecule has 2 aromatic rings. The zero-order chi connectivity index (χ0) is 11.8. The Bertz CT molecular complexity index is 495. The van der Waals surface area contributed by atoms with Gasteiger partial charge in [-0.25, -0.2) is 4.98 Å². The molecule has 0 bridgehead atoms. The van der Waals surface area contributed by atoms with E-state index >= 15 is 0 Å². The molecule has 0 aliphatic rings. The van der Waals surface area contributed by atoms with E-state index in [9.17, 15) is 0 Å². The molecule has 1 aromatic carbocycles. The Hall–Kier alpha value is -1.28. The number of rotatable bonds is 1. The van der Waals surface area contributed by atoms with Crippen molar-refractivity contribution in [3.8, 4) is 11.3 Å². The molecule has 0 saturated heterocycles. The van der Waals surface area contributed by atoms with Gasteiger partial charge in [-0.05, 0) is 6.07 Å². The van der Waals surface area contributed by atoms with Gasteiger partial charge in [-0.2, -0.15) is 0 Å². The van der Waals surface area contributed by atoms with Crippen LogP contribution in [0.25, 0.3) is 11.3 Å². The van der Waals surface area contributed by atoms with Crippen LogP contribution in [-0.2, 0) is 5.41 Å². The lowest BCUT2D eigenvalue weighted by Crippen LogP contribution is -2.13. The van der Waals surface area contributed by atoms with Crippen LogP contribution in [0.5, 0.6) is 0 Å². The molecule has 0 unspecified atom stereocenters. The lowest BCUT2D eigenvalue weighted by atomic mass is 9.96. The number of hydrogen-bond acceptors (Lipinski definition) is 1. The van der Waals surface area contributed by atoms with Gasteiger partial charge >= 0.3 is 0 Å². The smallest absolute Gasteiger partial charge is 0.112 e. The summed E-state index contributed by atoms with van der Waals surface area (Å²) in [4.78, 5) is 7.77. The number of nitrogens with one attached hydrogen (secondary N) is 1. The minimum absolute atomic E-state index is 0.0273. The van der Waals surface area contributed by atoms with Crippen molar-refractivity contribution in [2.24, 2.45) is 0 Å². The van der Waals surface area contributed by atoms with E-state index in [4.69, 9.17) is 11.6 Å². The number of imidazole rings is 1. The maximum Gasteiger partial charge on any atom is 0.112 e. The fourth-order valence-corrected chi connectivity index (χ4v) is 1.75. The summed E-state index contributed by atoms with van der Waals surface area (Å²) < 4.78 is 0. The van der Waals surface area contributed by atoms with Crippen molar-refractivity contribution in [3.63, 3.8) is 0 Å². The molecule has 0 amide bonds. The number of halogens is 1. The summed E-state index contributed by atoms with van der Waals surface area (Å²) in [6.45, 7) is 6.38. The van der Waals surface area contributed by atoms with Gasteiger partial charge in [0.1, 0.15) is 5.82 Å². The summed E-state index contributed by atoms with van der Waals surface area (Å²) in [7, 11) is 0. The van der Waals surface area contributed by atoms with E-state index in [2.05, 4.69) is 30.7 Å². The third-order valence-electron chi connectivity index (χ3n) is 2.44. The highest BCUT2D eigenvalue weighted by atomic mass is 35.5. The highest BCUT2D eigenvalue weighted by Crippen LogP contribution is 2.28. The highest BCUT2D eigenvalue weighted by molar-refractivity contribution is 6.33. The SMILES string of the molecule is CC(C)(C)c1nc(-c2ccccc2Cl)c[nH]1. The van der Waals surface area contributed by atoms with E-state index in [1.54, 1.807) is 0 Å². The minimum atomic E-state index is 0.0273. The second kappa shape index (κ2) is 3.95. The van der Waals surface area contributed by atoms with Gasteiger partial charge in [-0.3, -0.25) is 0 Å². The van der Waals surface area contributed by atoms with Crippen LogP contribution in [0.4, 0.5) is 0 Å². The Labute approximate surface area is 101 Å². The van der Waals surface area contributed by atoms with Crippen molar-refractivity contribution in [1.29, 1.82) is 0 Å². The fraction of sp³-hybridized carbons (Fsp3) is 0.308. The minimum Gasteiger partial charge on any atom is -0.348 e. The van der Waals surface area contributed by atoms with Crippen LogP contribution in [-0.4, -0.2) is 9.97 Å². The molecule has 1 aromatic heterocycles. The van der Waals surface area contributed by atoms with E-state index in [1.807, 2.05) is 30.5 Å². The summed E-state index contributed by atoms with van der Waals surface area (Å²) in [6, 6.07) is 7.74. The Morgan fingerprint density at radius 3 is 2.44 bits per heavy atom.